The van der Waals surface area contributed by atoms with Crippen molar-refractivity contribution in [1.29, 1.82) is 0 Å². The molecule has 1 unspecified atom stereocenters. The SMILES string of the molecule is CC(Cc1ccc(F)c(-c2ccncc2)c1)NC(=O)O. The molecular formula is C15H15FN2O2. The summed E-state index contributed by atoms with van der Waals surface area (Å²) in [5.41, 5.74) is 2.12. The molecule has 1 aromatic carbocycles. The minimum Gasteiger partial charge on any atom is -0.465 e. The van der Waals surface area contributed by atoms with E-state index in [-0.39, 0.29) is 11.9 Å². The van der Waals surface area contributed by atoms with Gasteiger partial charge >= 0.3 is 6.09 Å². The van der Waals surface area contributed by atoms with Gasteiger partial charge in [0.25, 0.3) is 0 Å². The van der Waals surface area contributed by atoms with Crippen molar-refractivity contribution in [3.63, 3.8) is 0 Å². The number of nitrogens with zero attached hydrogens (tertiary/aromatic N) is 1. The smallest absolute Gasteiger partial charge is 0.404 e. The first-order valence-corrected chi connectivity index (χ1v) is 6.24. The van der Waals surface area contributed by atoms with E-state index in [1.54, 1.807) is 43.6 Å². The lowest BCUT2D eigenvalue weighted by Crippen LogP contribution is -2.32. The first kappa shape index (κ1) is 14.0. The molecular weight excluding hydrogens is 259 g/mol. The lowest BCUT2D eigenvalue weighted by Gasteiger charge is -2.12. The van der Waals surface area contributed by atoms with Gasteiger partial charge in [0.05, 0.1) is 0 Å². The van der Waals surface area contributed by atoms with Crippen LogP contribution in [0.4, 0.5) is 9.18 Å². The van der Waals surface area contributed by atoms with E-state index < -0.39 is 6.09 Å². The molecule has 0 aliphatic heterocycles. The number of amides is 1. The highest BCUT2D eigenvalue weighted by Crippen LogP contribution is 2.23. The van der Waals surface area contributed by atoms with E-state index in [2.05, 4.69) is 10.3 Å². The van der Waals surface area contributed by atoms with Gasteiger partial charge < -0.3 is 10.4 Å². The monoisotopic (exact) mass is 274 g/mol. The van der Waals surface area contributed by atoms with E-state index in [4.69, 9.17) is 5.11 Å². The van der Waals surface area contributed by atoms with Gasteiger partial charge in [-0.05, 0) is 48.7 Å². The lowest BCUT2D eigenvalue weighted by molar-refractivity contribution is 0.190. The zero-order chi connectivity index (χ0) is 14.5. The molecule has 1 amide bonds. The van der Waals surface area contributed by atoms with Crippen LogP contribution in [0.5, 0.6) is 0 Å². The van der Waals surface area contributed by atoms with Gasteiger partial charge in [-0.15, -0.1) is 0 Å². The number of pyridine rings is 1. The van der Waals surface area contributed by atoms with Crippen LogP contribution in [0, 0.1) is 5.82 Å². The van der Waals surface area contributed by atoms with Crippen LogP contribution in [-0.4, -0.2) is 22.2 Å². The van der Waals surface area contributed by atoms with E-state index >= 15 is 0 Å². The van der Waals surface area contributed by atoms with E-state index in [0.29, 0.717) is 12.0 Å². The van der Waals surface area contributed by atoms with Crippen LogP contribution >= 0.6 is 0 Å². The van der Waals surface area contributed by atoms with Crippen molar-refractivity contribution in [2.24, 2.45) is 0 Å². The van der Waals surface area contributed by atoms with E-state index in [9.17, 15) is 9.18 Å². The zero-order valence-corrected chi connectivity index (χ0v) is 11.0. The first-order valence-electron chi connectivity index (χ1n) is 6.24. The zero-order valence-electron chi connectivity index (χ0n) is 11.0. The molecule has 1 heterocycles. The highest BCUT2D eigenvalue weighted by molar-refractivity contribution is 5.65. The molecule has 2 N–H and O–H groups in total. The Morgan fingerprint density at radius 1 is 1.35 bits per heavy atom. The minimum absolute atomic E-state index is 0.233. The van der Waals surface area contributed by atoms with Crippen molar-refractivity contribution >= 4 is 6.09 Å². The minimum atomic E-state index is -1.06. The van der Waals surface area contributed by atoms with Crippen molar-refractivity contribution < 1.29 is 14.3 Å². The molecule has 1 aromatic heterocycles. The lowest BCUT2D eigenvalue weighted by atomic mass is 10.00. The third kappa shape index (κ3) is 3.54. The van der Waals surface area contributed by atoms with Crippen molar-refractivity contribution in [2.75, 3.05) is 0 Å². The van der Waals surface area contributed by atoms with Gasteiger partial charge in [0.15, 0.2) is 0 Å². The van der Waals surface area contributed by atoms with Crippen molar-refractivity contribution in [3.8, 4) is 11.1 Å². The van der Waals surface area contributed by atoms with E-state index in [1.807, 2.05) is 0 Å². The summed E-state index contributed by atoms with van der Waals surface area (Å²) in [6.07, 6.45) is 2.66. The summed E-state index contributed by atoms with van der Waals surface area (Å²) >= 11 is 0. The van der Waals surface area contributed by atoms with Gasteiger partial charge in [-0.2, -0.15) is 0 Å². The summed E-state index contributed by atoms with van der Waals surface area (Å²) in [5.74, 6) is -0.307. The Morgan fingerprint density at radius 2 is 2.05 bits per heavy atom. The molecule has 20 heavy (non-hydrogen) atoms. The van der Waals surface area contributed by atoms with Crippen LogP contribution < -0.4 is 5.32 Å². The van der Waals surface area contributed by atoms with Gasteiger partial charge in [-0.3, -0.25) is 4.98 Å². The van der Waals surface area contributed by atoms with Gasteiger partial charge in [-0.25, -0.2) is 9.18 Å². The fourth-order valence-electron chi connectivity index (χ4n) is 2.07. The molecule has 104 valence electrons. The average molecular weight is 274 g/mol. The number of carboxylic acid groups (broad SMARTS) is 1. The third-order valence-electron chi connectivity index (χ3n) is 2.93. The Bertz CT molecular complexity index is 602. The predicted octanol–water partition coefficient (Wildman–Crippen LogP) is 3.09. The number of nitrogens with one attached hydrogen (secondary N) is 1. The molecule has 0 aliphatic rings. The van der Waals surface area contributed by atoms with Crippen LogP contribution in [-0.2, 0) is 6.42 Å². The Morgan fingerprint density at radius 3 is 2.70 bits per heavy atom. The molecule has 0 radical (unpaired) electrons. The summed E-state index contributed by atoms with van der Waals surface area (Å²) in [6, 6.07) is 8.05. The van der Waals surface area contributed by atoms with Crippen molar-refractivity contribution in [3.05, 3.63) is 54.1 Å². The molecule has 5 heteroatoms. The molecule has 0 saturated carbocycles. The molecule has 0 fully saturated rings. The van der Waals surface area contributed by atoms with Crippen LogP contribution in [0.15, 0.2) is 42.7 Å². The Hall–Kier alpha value is -2.43. The number of benzene rings is 1. The Labute approximate surface area is 116 Å². The second-order valence-electron chi connectivity index (χ2n) is 4.60. The number of halogens is 1. The summed E-state index contributed by atoms with van der Waals surface area (Å²) in [6.45, 7) is 1.77. The van der Waals surface area contributed by atoms with Gasteiger partial charge in [0.2, 0.25) is 0 Å². The van der Waals surface area contributed by atoms with Gasteiger partial charge in [0, 0.05) is 24.0 Å². The number of rotatable bonds is 4. The number of aromatic nitrogens is 1. The molecule has 4 nitrogen and oxygen atoms in total. The maximum absolute atomic E-state index is 13.9. The fourth-order valence-corrected chi connectivity index (χ4v) is 2.07. The van der Waals surface area contributed by atoms with Gasteiger partial charge in [-0.1, -0.05) is 6.07 Å². The maximum Gasteiger partial charge on any atom is 0.404 e. The second kappa shape index (κ2) is 6.14. The third-order valence-corrected chi connectivity index (χ3v) is 2.93. The first-order chi connectivity index (χ1) is 9.56. The normalized spacial score (nSPS) is 11.9. The molecule has 2 rings (SSSR count). The number of hydrogen-bond donors (Lipinski definition) is 2. The second-order valence-corrected chi connectivity index (χ2v) is 4.60. The van der Waals surface area contributed by atoms with E-state index in [1.165, 1.54) is 6.07 Å². The Kier molecular flexibility index (Phi) is 4.30. The highest BCUT2D eigenvalue weighted by atomic mass is 19.1. The summed E-state index contributed by atoms with van der Waals surface area (Å²) in [5, 5.41) is 11.0. The van der Waals surface area contributed by atoms with Crippen molar-refractivity contribution in [1.82, 2.24) is 10.3 Å². The molecule has 0 saturated heterocycles. The molecule has 0 aliphatic carbocycles. The standard InChI is InChI=1S/C15H15FN2O2/c1-10(18-15(19)20)8-11-2-3-14(16)13(9-11)12-4-6-17-7-5-12/h2-7,9-10,18H,8H2,1H3,(H,19,20). The maximum atomic E-state index is 13.9. The number of carbonyl (C=O) groups is 1. The van der Waals surface area contributed by atoms with Crippen LogP contribution in [0.1, 0.15) is 12.5 Å². The van der Waals surface area contributed by atoms with Gasteiger partial charge in [0.1, 0.15) is 5.82 Å². The highest BCUT2D eigenvalue weighted by Gasteiger charge is 2.10. The topological polar surface area (TPSA) is 62.2 Å². The molecule has 0 spiro atoms. The quantitative estimate of drug-likeness (QED) is 0.900. The summed E-state index contributed by atoms with van der Waals surface area (Å²) in [4.78, 5) is 14.5. The summed E-state index contributed by atoms with van der Waals surface area (Å²) in [7, 11) is 0. The average Bonchev–Trinajstić information content (AvgIpc) is 2.41. The molecule has 1 atom stereocenters. The summed E-state index contributed by atoms with van der Waals surface area (Å²) < 4.78 is 13.9. The van der Waals surface area contributed by atoms with Crippen LogP contribution in [0.3, 0.4) is 0 Å². The molecule has 0 bridgehead atoms. The number of hydrogen-bond acceptors (Lipinski definition) is 2. The van der Waals surface area contributed by atoms with E-state index in [0.717, 1.165) is 11.1 Å². The predicted molar refractivity (Wildman–Crippen MR) is 74.0 cm³/mol. The largest absolute Gasteiger partial charge is 0.465 e. The van der Waals surface area contributed by atoms with Crippen LogP contribution in [0.2, 0.25) is 0 Å². The Balaban J connectivity index is 2.23. The van der Waals surface area contributed by atoms with Crippen LogP contribution in [0.25, 0.3) is 11.1 Å². The molecule has 2 aromatic rings. The fraction of sp³-hybridized carbons (Fsp3) is 0.200. The van der Waals surface area contributed by atoms with Crippen molar-refractivity contribution in [2.45, 2.75) is 19.4 Å².